The summed E-state index contributed by atoms with van der Waals surface area (Å²) in [5, 5.41) is 1.06. The second-order valence-corrected chi connectivity index (χ2v) is 11.2. The topological polar surface area (TPSA) is 34.1 Å². The summed E-state index contributed by atoms with van der Waals surface area (Å²) in [6.45, 7) is 0. The van der Waals surface area contributed by atoms with Crippen LogP contribution in [0.5, 0.6) is 0 Å². The third kappa shape index (κ3) is 3.64. The maximum absolute atomic E-state index is 14.3. The van der Waals surface area contributed by atoms with Gasteiger partial charge in [0.25, 0.3) is 0 Å². The smallest absolute Gasteiger partial charge is 0.218 e. The van der Waals surface area contributed by atoms with Gasteiger partial charge in [0.05, 0.1) is 18.8 Å². The average molecular weight is 417 g/mol. The molecule has 4 aromatic rings. The summed E-state index contributed by atoms with van der Waals surface area (Å²) in [6.07, 6.45) is 0. The van der Waals surface area contributed by atoms with Crippen LogP contribution in [0.1, 0.15) is 11.1 Å². The first-order valence-corrected chi connectivity index (χ1v) is 12.1. The average Bonchev–Trinajstić information content (AvgIpc) is 2.80. The van der Waals surface area contributed by atoms with E-state index >= 15 is 0 Å². The Labute approximate surface area is 174 Å². The maximum atomic E-state index is 14.3. The molecule has 4 aromatic carbocycles. The highest BCUT2D eigenvalue weighted by atomic mass is 32.2. The molecule has 0 aliphatic heterocycles. The molecule has 0 fully saturated rings. The third-order valence-corrected chi connectivity index (χ3v) is 10.3. The van der Waals surface area contributed by atoms with Crippen LogP contribution in [0.25, 0.3) is 0 Å². The van der Waals surface area contributed by atoms with E-state index < -0.39 is 22.9 Å². The molecule has 0 radical (unpaired) electrons. The van der Waals surface area contributed by atoms with E-state index in [4.69, 9.17) is 0 Å². The highest BCUT2D eigenvalue weighted by Crippen LogP contribution is 2.53. The fourth-order valence-electron chi connectivity index (χ4n) is 3.66. The second-order valence-electron chi connectivity index (χ2n) is 6.84. The molecular formula is C25H22O2PS+. The molecular weight excluding hydrogens is 395 g/mol. The third-order valence-electron chi connectivity index (χ3n) is 5.05. The van der Waals surface area contributed by atoms with Crippen LogP contribution in [0.4, 0.5) is 0 Å². The predicted molar refractivity (Wildman–Crippen MR) is 123 cm³/mol. The van der Waals surface area contributed by atoms with Gasteiger partial charge in [-0.05, 0) is 24.3 Å². The lowest BCUT2D eigenvalue weighted by molar-refractivity contribution is 0.584. The van der Waals surface area contributed by atoms with E-state index in [1.165, 1.54) is 0 Å². The molecule has 0 saturated heterocycles. The van der Waals surface area contributed by atoms with Crippen LogP contribution in [-0.2, 0) is 14.3 Å². The summed E-state index contributed by atoms with van der Waals surface area (Å²) >= 11 is 0. The Bertz CT molecular complexity index is 1120. The van der Waals surface area contributed by atoms with Crippen LogP contribution in [0.2, 0.25) is 0 Å². The minimum Gasteiger partial charge on any atom is -0.218 e. The number of benzene rings is 4. The van der Waals surface area contributed by atoms with E-state index in [9.17, 15) is 8.42 Å². The zero-order chi connectivity index (χ0) is 20.2. The van der Waals surface area contributed by atoms with Gasteiger partial charge in [-0.15, -0.1) is 0 Å². The van der Waals surface area contributed by atoms with Crippen molar-refractivity contribution in [1.82, 2.24) is 0 Å². The quantitative estimate of drug-likeness (QED) is 0.409. The molecule has 0 spiro atoms. The van der Waals surface area contributed by atoms with Crippen molar-refractivity contribution in [3.05, 3.63) is 132 Å². The Kier molecular flexibility index (Phi) is 5.62. The first-order chi connectivity index (χ1) is 14.1. The lowest BCUT2D eigenvalue weighted by Gasteiger charge is -2.30. The van der Waals surface area contributed by atoms with Crippen molar-refractivity contribution >= 4 is 23.7 Å². The minimum atomic E-state index is -3.73. The van der Waals surface area contributed by atoms with E-state index in [-0.39, 0.29) is 0 Å². The van der Waals surface area contributed by atoms with Gasteiger partial charge in [-0.2, -0.15) is 0 Å². The van der Waals surface area contributed by atoms with Gasteiger partial charge in [0.2, 0.25) is 14.3 Å². The number of rotatable bonds is 6. The van der Waals surface area contributed by atoms with E-state index in [0.29, 0.717) is 4.90 Å². The highest BCUT2D eigenvalue weighted by molar-refractivity contribution is 7.98. The van der Waals surface area contributed by atoms with Crippen LogP contribution in [0, 0.1) is 0 Å². The largest absolute Gasteiger partial charge is 0.232 e. The predicted octanol–water partition coefficient (Wildman–Crippen LogP) is 5.10. The molecule has 2 nitrogen and oxygen atoms in total. The molecule has 0 aliphatic rings. The van der Waals surface area contributed by atoms with Crippen LogP contribution in [0.3, 0.4) is 0 Å². The second kappa shape index (κ2) is 8.32. The van der Waals surface area contributed by atoms with Gasteiger partial charge in [-0.3, -0.25) is 0 Å². The molecule has 144 valence electrons. The van der Waals surface area contributed by atoms with Gasteiger partial charge < -0.3 is 0 Å². The Morgan fingerprint density at radius 2 is 0.897 bits per heavy atom. The lowest BCUT2D eigenvalue weighted by atomic mass is 10.0. The summed E-state index contributed by atoms with van der Waals surface area (Å²) in [5.74, 6) is 0. The van der Waals surface area contributed by atoms with Crippen LogP contribution in [-0.4, -0.2) is 8.42 Å². The minimum absolute atomic E-state index is 0.344. The maximum Gasteiger partial charge on any atom is 0.232 e. The number of hydrogen-bond acceptors (Lipinski definition) is 2. The Morgan fingerprint density at radius 3 is 1.34 bits per heavy atom. The first kappa shape index (κ1) is 19.6. The molecule has 1 atom stereocenters. The van der Waals surface area contributed by atoms with Crippen LogP contribution < -0.4 is 5.30 Å². The molecule has 0 amide bonds. The van der Waals surface area contributed by atoms with Crippen molar-refractivity contribution in [2.75, 3.05) is 0 Å². The normalized spacial score (nSPS) is 12.3. The first-order valence-electron chi connectivity index (χ1n) is 9.46. The summed E-state index contributed by atoms with van der Waals surface area (Å²) in [7, 11) is -4.39. The zero-order valence-corrected chi connectivity index (χ0v) is 17.8. The highest BCUT2D eigenvalue weighted by Gasteiger charge is 2.53. The van der Waals surface area contributed by atoms with E-state index in [2.05, 4.69) is 0 Å². The molecule has 0 N–H and O–H groups in total. The van der Waals surface area contributed by atoms with Crippen molar-refractivity contribution in [1.29, 1.82) is 0 Å². The molecule has 0 bridgehead atoms. The van der Waals surface area contributed by atoms with Crippen LogP contribution >= 0.6 is 8.58 Å². The van der Waals surface area contributed by atoms with Crippen molar-refractivity contribution in [3.63, 3.8) is 0 Å². The molecule has 0 aliphatic carbocycles. The summed E-state index contributed by atoms with van der Waals surface area (Å²) in [5.41, 5.74) is 1.60. The van der Waals surface area contributed by atoms with Gasteiger partial charge in [0, 0.05) is 11.1 Å². The van der Waals surface area contributed by atoms with Gasteiger partial charge in [0.1, 0.15) is 0 Å². The Morgan fingerprint density at radius 1 is 0.517 bits per heavy atom. The Balaban J connectivity index is 2.06. The van der Waals surface area contributed by atoms with Crippen LogP contribution in [0.15, 0.2) is 126 Å². The SMILES string of the molecule is O=S(=O)(c1ccccc1)C([PH2+]c1ccccc1)(c1ccccc1)c1ccccc1. The van der Waals surface area contributed by atoms with Gasteiger partial charge in [-0.1, -0.05) is 97.1 Å². The van der Waals surface area contributed by atoms with Crippen molar-refractivity contribution in [2.45, 2.75) is 9.38 Å². The molecule has 29 heavy (non-hydrogen) atoms. The van der Waals surface area contributed by atoms with E-state index in [0.717, 1.165) is 16.4 Å². The monoisotopic (exact) mass is 417 g/mol. The summed E-state index contributed by atoms with van der Waals surface area (Å²) < 4.78 is 27.4. The van der Waals surface area contributed by atoms with E-state index in [1.807, 2.05) is 97.1 Å². The molecule has 4 heteroatoms. The van der Waals surface area contributed by atoms with Crippen molar-refractivity contribution in [2.24, 2.45) is 0 Å². The number of sulfone groups is 1. The molecule has 4 rings (SSSR count). The molecule has 1 unspecified atom stereocenters. The summed E-state index contributed by atoms with van der Waals surface area (Å²) in [6, 6.07) is 38.0. The summed E-state index contributed by atoms with van der Waals surface area (Å²) in [4.78, 5) is 0.344. The van der Waals surface area contributed by atoms with Gasteiger partial charge in [-0.25, -0.2) is 8.42 Å². The number of hydrogen-bond donors (Lipinski definition) is 0. The van der Waals surface area contributed by atoms with E-state index in [1.54, 1.807) is 24.3 Å². The lowest BCUT2D eigenvalue weighted by Crippen LogP contribution is -2.34. The molecule has 0 saturated carbocycles. The standard InChI is InChI=1S/C25H21O2PS/c26-29(27,24-19-11-4-12-20-24)25(21-13-5-1-6-14-21,22-15-7-2-8-16-22)28-23-17-9-3-10-18-23/h1-20,28H/p+1. The molecule has 0 heterocycles. The van der Waals surface area contributed by atoms with Crippen molar-refractivity contribution < 1.29 is 8.42 Å². The fraction of sp³-hybridized carbons (Fsp3) is 0.0400. The van der Waals surface area contributed by atoms with Crippen molar-refractivity contribution in [3.8, 4) is 0 Å². The molecule has 0 aromatic heterocycles. The Hall–Kier alpha value is -2.74. The van der Waals surface area contributed by atoms with Gasteiger partial charge in [0.15, 0.2) is 0 Å². The zero-order valence-electron chi connectivity index (χ0n) is 15.8. The van der Waals surface area contributed by atoms with Gasteiger partial charge >= 0.3 is 0 Å². The fourth-order valence-corrected chi connectivity index (χ4v) is 8.48.